The lowest BCUT2D eigenvalue weighted by atomic mass is 10.1. The summed E-state index contributed by atoms with van der Waals surface area (Å²) in [5.41, 5.74) is 6.00. The van der Waals surface area contributed by atoms with E-state index in [1.807, 2.05) is 0 Å². The monoisotopic (exact) mass is 285 g/mol. The molecule has 0 spiro atoms. The van der Waals surface area contributed by atoms with Crippen LogP contribution in [0.2, 0.25) is 10.0 Å². The van der Waals surface area contributed by atoms with E-state index in [4.69, 9.17) is 33.5 Å². The number of hydrogen-bond donors (Lipinski definition) is 1. The predicted molar refractivity (Wildman–Crippen MR) is 70.8 cm³/mol. The average Bonchev–Trinajstić information content (AvgIpc) is 2.72. The molecule has 0 aliphatic heterocycles. The van der Waals surface area contributed by atoms with E-state index in [2.05, 4.69) is 10.1 Å². The van der Waals surface area contributed by atoms with Gasteiger partial charge in [0, 0.05) is 16.5 Å². The van der Waals surface area contributed by atoms with Crippen LogP contribution in [0.15, 0.2) is 22.7 Å². The second-order valence-corrected chi connectivity index (χ2v) is 5.43. The van der Waals surface area contributed by atoms with E-state index in [0.717, 1.165) is 5.56 Å². The fraction of sp³-hybridized carbons (Fsp3) is 0.333. The van der Waals surface area contributed by atoms with Gasteiger partial charge in [-0.3, -0.25) is 0 Å². The van der Waals surface area contributed by atoms with Gasteiger partial charge in [0.05, 0.1) is 5.54 Å². The van der Waals surface area contributed by atoms with E-state index in [-0.39, 0.29) is 0 Å². The molecule has 0 atom stereocenters. The fourth-order valence-electron chi connectivity index (χ4n) is 1.45. The Labute approximate surface area is 115 Å². The predicted octanol–water partition coefficient (Wildman–Crippen LogP) is 3.16. The molecule has 96 valence electrons. The summed E-state index contributed by atoms with van der Waals surface area (Å²) in [5, 5.41) is 5.05. The molecule has 0 saturated carbocycles. The summed E-state index contributed by atoms with van der Waals surface area (Å²) in [7, 11) is 0. The summed E-state index contributed by atoms with van der Waals surface area (Å²) in [6.45, 7) is 3.60. The van der Waals surface area contributed by atoms with Gasteiger partial charge >= 0.3 is 0 Å². The number of halogens is 2. The smallest absolute Gasteiger partial charge is 0.246 e. The molecule has 18 heavy (non-hydrogen) atoms. The van der Waals surface area contributed by atoms with Gasteiger partial charge < -0.3 is 10.3 Å². The highest BCUT2D eigenvalue weighted by molar-refractivity contribution is 6.36. The van der Waals surface area contributed by atoms with Gasteiger partial charge in [-0.25, -0.2) is 0 Å². The van der Waals surface area contributed by atoms with Gasteiger partial charge in [0.25, 0.3) is 0 Å². The van der Waals surface area contributed by atoms with Gasteiger partial charge in [0.1, 0.15) is 0 Å². The van der Waals surface area contributed by atoms with Crippen molar-refractivity contribution in [3.05, 3.63) is 45.5 Å². The molecular weight excluding hydrogens is 273 g/mol. The Balaban J connectivity index is 2.27. The van der Waals surface area contributed by atoms with Gasteiger partial charge in [-0.05, 0) is 31.5 Å². The zero-order valence-electron chi connectivity index (χ0n) is 10.1. The number of hydrogen-bond acceptors (Lipinski definition) is 4. The topological polar surface area (TPSA) is 64.9 Å². The van der Waals surface area contributed by atoms with Crippen LogP contribution in [0.25, 0.3) is 0 Å². The molecule has 0 saturated heterocycles. The number of rotatable bonds is 3. The molecule has 6 heteroatoms. The van der Waals surface area contributed by atoms with Crippen molar-refractivity contribution in [2.45, 2.75) is 25.8 Å². The third-order valence-corrected chi connectivity index (χ3v) is 3.12. The molecule has 1 aromatic heterocycles. The lowest BCUT2D eigenvalue weighted by Gasteiger charge is -2.10. The minimum absolute atomic E-state index is 0.390. The van der Waals surface area contributed by atoms with Crippen molar-refractivity contribution in [2.24, 2.45) is 5.73 Å². The Kier molecular flexibility index (Phi) is 3.61. The normalized spacial score (nSPS) is 11.8. The number of nitrogens with zero attached hydrogens (tertiary/aromatic N) is 2. The molecule has 0 bridgehead atoms. The van der Waals surface area contributed by atoms with Crippen LogP contribution >= 0.6 is 23.2 Å². The van der Waals surface area contributed by atoms with Crippen LogP contribution < -0.4 is 5.73 Å². The van der Waals surface area contributed by atoms with Gasteiger partial charge in [-0.2, -0.15) is 4.98 Å². The molecule has 0 fully saturated rings. The zero-order chi connectivity index (χ0) is 13.3. The molecular formula is C12H13Cl2N3O. The van der Waals surface area contributed by atoms with Crippen molar-refractivity contribution in [1.29, 1.82) is 0 Å². The van der Waals surface area contributed by atoms with Crippen molar-refractivity contribution in [2.75, 3.05) is 0 Å². The summed E-state index contributed by atoms with van der Waals surface area (Å²) < 4.78 is 5.11. The summed E-state index contributed by atoms with van der Waals surface area (Å²) in [5.74, 6) is 0.902. The van der Waals surface area contributed by atoms with Gasteiger partial charge in [-0.15, -0.1) is 0 Å². The van der Waals surface area contributed by atoms with Crippen LogP contribution in [0, 0.1) is 0 Å². The maximum absolute atomic E-state index is 6.08. The molecule has 4 nitrogen and oxygen atoms in total. The van der Waals surface area contributed by atoms with Gasteiger partial charge in [-0.1, -0.05) is 34.4 Å². The van der Waals surface area contributed by atoms with E-state index < -0.39 is 5.54 Å². The molecule has 0 amide bonds. The summed E-state index contributed by atoms with van der Waals surface area (Å²) in [4.78, 5) is 4.24. The molecule has 2 aromatic rings. The largest absolute Gasteiger partial charge is 0.337 e. The van der Waals surface area contributed by atoms with Crippen LogP contribution in [-0.4, -0.2) is 10.1 Å². The quantitative estimate of drug-likeness (QED) is 0.941. The minimum atomic E-state index is -0.657. The van der Waals surface area contributed by atoms with Crippen molar-refractivity contribution in [1.82, 2.24) is 10.1 Å². The summed E-state index contributed by atoms with van der Waals surface area (Å²) in [6, 6.07) is 5.34. The van der Waals surface area contributed by atoms with Crippen LogP contribution in [0.4, 0.5) is 0 Å². The molecule has 1 heterocycles. The third kappa shape index (κ3) is 2.83. The first-order valence-electron chi connectivity index (χ1n) is 5.43. The Morgan fingerprint density at radius 3 is 2.39 bits per heavy atom. The van der Waals surface area contributed by atoms with E-state index in [1.165, 1.54) is 0 Å². The number of nitrogens with two attached hydrogens (primary N) is 1. The number of benzene rings is 1. The first-order chi connectivity index (χ1) is 8.38. The van der Waals surface area contributed by atoms with E-state index in [9.17, 15) is 0 Å². The second-order valence-electron chi connectivity index (χ2n) is 4.61. The fourth-order valence-corrected chi connectivity index (χ4v) is 1.98. The van der Waals surface area contributed by atoms with Crippen LogP contribution in [0.1, 0.15) is 31.1 Å². The molecule has 0 aliphatic rings. The SMILES string of the molecule is CC(C)(N)c1nc(Cc2c(Cl)cccc2Cl)no1. The highest BCUT2D eigenvalue weighted by atomic mass is 35.5. The Bertz CT molecular complexity index is 540. The van der Waals surface area contributed by atoms with E-state index in [1.54, 1.807) is 32.0 Å². The molecule has 0 unspecified atom stereocenters. The van der Waals surface area contributed by atoms with E-state index >= 15 is 0 Å². The first kappa shape index (κ1) is 13.3. The maximum atomic E-state index is 6.08. The third-order valence-electron chi connectivity index (χ3n) is 2.42. The number of aromatic nitrogens is 2. The molecule has 2 rings (SSSR count). The van der Waals surface area contributed by atoms with Crippen molar-refractivity contribution < 1.29 is 4.52 Å². The lowest BCUT2D eigenvalue weighted by molar-refractivity contribution is 0.310. The Morgan fingerprint density at radius 1 is 1.28 bits per heavy atom. The summed E-state index contributed by atoms with van der Waals surface area (Å²) in [6.07, 6.45) is 0.415. The minimum Gasteiger partial charge on any atom is -0.337 e. The second kappa shape index (κ2) is 4.88. The molecule has 1 aromatic carbocycles. The average molecular weight is 286 g/mol. The lowest BCUT2D eigenvalue weighted by Crippen LogP contribution is -2.29. The molecule has 0 aliphatic carbocycles. The first-order valence-corrected chi connectivity index (χ1v) is 6.18. The molecule has 0 radical (unpaired) electrons. The van der Waals surface area contributed by atoms with Crippen LogP contribution in [-0.2, 0) is 12.0 Å². The van der Waals surface area contributed by atoms with Crippen LogP contribution in [0.5, 0.6) is 0 Å². The van der Waals surface area contributed by atoms with Crippen LogP contribution in [0.3, 0.4) is 0 Å². The summed E-state index contributed by atoms with van der Waals surface area (Å²) >= 11 is 12.2. The van der Waals surface area contributed by atoms with Crippen molar-refractivity contribution in [3.63, 3.8) is 0 Å². The Morgan fingerprint density at radius 2 is 1.89 bits per heavy atom. The highest BCUT2D eigenvalue weighted by Gasteiger charge is 2.22. The maximum Gasteiger partial charge on any atom is 0.246 e. The van der Waals surface area contributed by atoms with Crippen molar-refractivity contribution >= 4 is 23.2 Å². The van der Waals surface area contributed by atoms with E-state index in [0.29, 0.717) is 28.2 Å². The Hall–Kier alpha value is -1.10. The standard InChI is InChI=1S/C12H13Cl2N3O/c1-12(2,15)11-16-10(17-18-11)6-7-8(13)4-3-5-9(7)14/h3-5H,6,15H2,1-2H3. The van der Waals surface area contributed by atoms with Crippen molar-refractivity contribution in [3.8, 4) is 0 Å². The highest BCUT2D eigenvalue weighted by Crippen LogP contribution is 2.26. The van der Waals surface area contributed by atoms with Gasteiger partial charge in [0.2, 0.25) is 5.89 Å². The molecule has 2 N–H and O–H groups in total. The van der Waals surface area contributed by atoms with Gasteiger partial charge in [0.15, 0.2) is 5.82 Å². The zero-order valence-corrected chi connectivity index (χ0v) is 11.6.